The predicted molar refractivity (Wildman–Crippen MR) is 91.3 cm³/mol. The van der Waals surface area contributed by atoms with E-state index >= 15 is 0 Å². The molecule has 112 valence electrons. The number of fused-ring (bicyclic) bond motifs is 1. The molecule has 1 aliphatic rings. The van der Waals surface area contributed by atoms with Crippen LogP contribution in [-0.2, 0) is 0 Å². The number of aromatic amines is 1. The van der Waals surface area contributed by atoms with Crippen molar-refractivity contribution in [2.45, 2.75) is 19.3 Å². The highest BCUT2D eigenvalue weighted by molar-refractivity contribution is 14.1. The second-order valence-electron chi connectivity index (χ2n) is 5.66. The molecule has 0 radical (unpaired) electrons. The van der Waals surface area contributed by atoms with Gasteiger partial charge in [-0.1, -0.05) is 0 Å². The molecule has 0 aliphatic carbocycles. The van der Waals surface area contributed by atoms with Crippen LogP contribution in [-0.4, -0.2) is 40.6 Å². The van der Waals surface area contributed by atoms with Crippen molar-refractivity contribution in [1.82, 2.24) is 9.88 Å². The zero-order valence-corrected chi connectivity index (χ0v) is 14.0. The van der Waals surface area contributed by atoms with E-state index in [1.807, 2.05) is 23.1 Å². The molecule has 1 aromatic carbocycles. The Balaban J connectivity index is 1.72. The van der Waals surface area contributed by atoms with Crippen LogP contribution < -0.4 is 0 Å². The molecule has 5 heteroatoms. The van der Waals surface area contributed by atoms with Crippen LogP contribution in [0.3, 0.4) is 0 Å². The predicted octanol–water partition coefficient (Wildman–Crippen LogP) is 3.01. The molecule has 1 fully saturated rings. The average Bonchev–Trinajstić information content (AvgIpc) is 2.90. The van der Waals surface area contributed by atoms with E-state index in [1.165, 1.54) is 3.57 Å². The Morgan fingerprint density at radius 3 is 2.81 bits per heavy atom. The van der Waals surface area contributed by atoms with E-state index < -0.39 is 0 Å². The van der Waals surface area contributed by atoms with E-state index in [9.17, 15) is 4.79 Å². The van der Waals surface area contributed by atoms with E-state index in [-0.39, 0.29) is 12.5 Å². The number of amides is 1. The van der Waals surface area contributed by atoms with Crippen LogP contribution >= 0.6 is 22.6 Å². The Hall–Kier alpha value is -1.08. The summed E-state index contributed by atoms with van der Waals surface area (Å²) in [6, 6.07) is 8.08. The van der Waals surface area contributed by atoms with Gasteiger partial charge in [0, 0.05) is 34.2 Å². The van der Waals surface area contributed by atoms with Gasteiger partial charge < -0.3 is 15.0 Å². The first-order valence-electron chi connectivity index (χ1n) is 7.36. The maximum absolute atomic E-state index is 12.6. The van der Waals surface area contributed by atoms with Gasteiger partial charge in [-0.05, 0) is 72.0 Å². The third-order valence-corrected chi connectivity index (χ3v) is 4.92. The number of hydrogen-bond acceptors (Lipinski definition) is 2. The highest BCUT2D eigenvalue weighted by Crippen LogP contribution is 2.23. The Labute approximate surface area is 137 Å². The molecule has 2 aromatic rings. The van der Waals surface area contributed by atoms with Crippen LogP contribution in [0.15, 0.2) is 24.3 Å². The van der Waals surface area contributed by atoms with Gasteiger partial charge in [-0.2, -0.15) is 0 Å². The molecule has 1 saturated heterocycles. The Morgan fingerprint density at radius 1 is 1.33 bits per heavy atom. The molecule has 1 aliphatic heterocycles. The van der Waals surface area contributed by atoms with E-state index in [1.54, 1.807) is 0 Å². The summed E-state index contributed by atoms with van der Waals surface area (Å²) in [5.74, 6) is 0.645. The molecule has 0 unspecified atom stereocenters. The Morgan fingerprint density at radius 2 is 2.10 bits per heavy atom. The molecule has 1 aromatic heterocycles. The smallest absolute Gasteiger partial charge is 0.270 e. The number of aliphatic hydroxyl groups is 1. The summed E-state index contributed by atoms with van der Waals surface area (Å²) in [7, 11) is 0. The van der Waals surface area contributed by atoms with Crippen molar-refractivity contribution < 1.29 is 9.90 Å². The lowest BCUT2D eigenvalue weighted by Crippen LogP contribution is -2.38. The van der Waals surface area contributed by atoms with Crippen molar-refractivity contribution in [1.29, 1.82) is 0 Å². The number of carbonyl (C=O) groups is 1. The number of nitrogens with zero attached hydrogens (tertiary/aromatic N) is 1. The normalized spacial score (nSPS) is 16.6. The zero-order valence-electron chi connectivity index (χ0n) is 11.8. The van der Waals surface area contributed by atoms with Gasteiger partial charge in [-0.3, -0.25) is 4.79 Å². The molecule has 0 saturated carbocycles. The van der Waals surface area contributed by atoms with Gasteiger partial charge in [0.15, 0.2) is 0 Å². The van der Waals surface area contributed by atoms with Gasteiger partial charge >= 0.3 is 0 Å². The minimum atomic E-state index is 0.0867. The van der Waals surface area contributed by atoms with E-state index in [4.69, 9.17) is 5.11 Å². The number of carbonyl (C=O) groups excluding carboxylic acids is 1. The summed E-state index contributed by atoms with van der Waals surface area (Å²) in [4.78, 5) is 17.7. The van der Waals surface area contributed by atoms with Crippen molar-refractivity contribution in [3.8, 4) is 0 Å². The summed E-state index contributed by atoms with van der Waals surface area (Å²) in [6.45, 7) is 1.83. The Bertz CT molecular complexity index is 645. The molecule has 3 rings (SSSR count). The van der Waals surface area contributed by atoms with E-state index in [2.05, 4.69) is 33.6 Å². The summed E-state index contributed by atoms with van der Waals surface area (Å²) in [6.07, 6.45) is 2.84. The number of halogens is 1. The molecule has 2 N–H and O–H groups in total. The van der Waals surface area contributed by atoms with E-state index in [0.717, 1.165) is 43.3 Å². The van der Waals surface area contributed by atoms with E-state index in [0.29, 0.717) is 11.6 Å². The van der Waals surface area contributed by atoms with Crippen molar-refractivity contribution in [2.75, 3.05) is 19.7 Å². The third-order valence-electron chi connectivity index (χ3n) is 4.25. The number of likely N-dealkylation sites (tertiary alicyclic amines) is 1. The van der Waals surface area contributed by atoms with Gasteiger partial charge in [-0.15, -0.1) is 0 Å². The molecule has 2 heterocycles. The molecular formula is C16H19IN2O2. The highest BCUT2D eigenvalue weighted by atomic mass is 127. The standard InChI is InChI=1S/C16H19IN2O2/c17-13-1-2-14-12(9-13)10-15(18-14)16(21)19-6-3-11(4-7-19)5-8-20/h1-2,9-11,18,20H,3-8H2. The maximum Gasteiger partial charge on any atom is 0.270 e. The first kappa shape index (κ1) is 14.8. The number of piperidine rings is 1. The lowest BCUT2D eigenvalue weighted by atomic mass is 9.94. The topological polar surface area (TPSA) is 56.3 Å². The number of benzene rings is 1. The summed E-state index contributed by atoms with van der Waals surface area (Å²) in [5.41, 5.74) is 1.68. The highest BCUT2D eigenvalue weighted by Gasteiger charge is 2.24. The fourth-order valence-electron chi connectivity index (χ4n) is 3.00. The van der Waals surface area contributed by atoms with Crippen molar-refractivity contribution in [3.63, 3.8) is 0 Å². The molecule has 4 nitrogen and oxygen atoms in total. The number of rotatable bonds is 3. The van der Waals surface area contributed by atoms with Crippen LogP contribution in [0.4, 0.5) is 0 Å². The largest absolute Gasteiger partial charge is 0.396 e. The SMILES string of the molecule is O=C(c1cc2cc(I)ccc2[nH]1)N1CCC(CCO)CC1. The molecule has 0 spiro atoms. The molecule has 1 amide bonds. The molecule has 21 heavy (non-hydrogen) atoms. The quantitative estimate of drug-likeness (QED) is 0.782. The fraction of sp³-hybridized carbons (Fsp3) is 0.438. The fourth-order valence-corrected chi connectivity index (χ4v) is 3.51. The van der Waals surface area contributed by atoms with Gasteiger partial charge in [0.05, 0.1) is 0 Å². The molecule has 0 bridgehead atoms. The van der Waals surface area contributed by atoms with Crippen molar-refractivity contribution >= 4 is 39.4 Å². The lowest BCUT2D eigenvalue weighted by Gasteiger charge is -2.31. The van der Waals surface area contributed by atoms with Gasteiger partial charge in [0.2, 0.25) is 0 Å². The average molecular weight is 398 g/mol. The van der Waals surface area contributed by atoms with Crippen LogP contribution in [0.25, 0.3) is 10.9 Å². The summed E-state index contributed by atoms with van der Waals surface area (Å²) in [5, 5.41) is 10.1. The molecule has 0 atom stereocenters. The van der Waals surface area contributed by atoms with Crippen LogP contribution in [0.2, 0.25) is 0 Å². The maximum atomic E-state index is 12.6. The number of nitrogens with one attached hydrogen (secondary N) is 1. The van der Waals surface area contributed by atoms with Crippen LogP contribution in [0.5, 0.6) is 0 Å². The minimum Gasteiger partial charge on any atom is -0.396 e. The monoisotopic (exact) mass is 398 g/mol. The second kappa shape index (κ2) is 6.36. The first-order chi connectivity index (χ1) is 10.2. The van der Waals surface area contributed by atoms with Crippen molar-refractivity contribution in [2.24, 2.45) is 5.92 Å². The molecular weight excluding hydrogens is 379 g/mol. The van der Waals surface area contributed by atoms with Crippen LogP contribution in [0.1, 0.15) is 29.8 Å². The lowest BCUT2D eigenvalue weighted by molar-refractivity contribution is 0.0673. The van der Waals surface area contributed by atoms with Gasteiger partial charge in [0.1, 0.15) is 5.69 Å². The Kier molecular flexibility index (Phi) is 4.49. The summed E-state index contributed by atoms with van der Waals surface area (Å²) < 4.78 is 1.17. The van der Waals surface area contributed by atoms with Gasteiger partial charge in [-0.25, -0.2) is 0 Å². The first-order valence-corrected chi connectivity index (χ1v) is 8.43. The van der Waals surface area contributed by atoms with Crippen molar-refractivity contribution in [3.05, 3.63) is 33.5 Å². The number of H-pyrrole nitrogens is 1. The second-order valence-corrected chi connectivity index (χ2v) is 6.91. The third kappa shape index (κ3) is 3.23. The van der Waals surface area contributed by atoms with Gasteiger partial charge in [0.25, 0.3) is 5.91 Å². The number of hydrogen-bond donors (Lipinski definition) is 2. The number of aliphatic hydroxyl groups excluding tert-OH is 1. The number of aromatic nitrogens is 1. The zero-order chi connectivity index (χ0) is 14.8. The van der Waals surface area contributed by atoms with Crippen LogP contribution in [0, 0.1) is 9.49 Å². The minimum absolute atomic E-state index is 0.0867. The summed E-state index contributed by atoms with van der Waals surface area (Å²) >= 11 is 2.28.